The minimum Gasteiger partial charge on any atom is -0.366 e. The highest BCUT2D eigenvalue weighted by molar-refractivity contribution is 5.91. The molecule has 0 fully saturated rings. The number of amides is 1. The van der Waals surface area contributed by atoms with Crippen molar-refractivity contribution < 1.29 is 9.59 Å². The topological polar surface area (TPSA) is 60.2 Å². The highest BCUT2D eigenvalue weighted by Gasteiger charge is 1.91. The molecule has 0 bridgehead atoms. The Hall–Kier alpha value is -1.38. The van der Waals surface area contributed by atoms with E-state index in [1.165, 1.54) is 0 Å². The maximum atomic E-state index is 10.4. The van der Waals surface area contributed by atoms with Gasteiger partial charge in [-0.3, -0.25) is 4.79 Å². The second kappa shape index (κ2) is 5.41. The van der Waals surface area contributed by atoms with E-state index in [-0.39, 0.29) is 0 Å². The molecule has 0 radical (unpaired) electrons. The Labute approximate surface area is 65.6 Å². The number of primary amides is 1. The van der Waals surface area contributed by atoms with E-state index in [1.807, 2.05) is 0 Å². The van der Waals surface area contributed by atoms with Crippen LogP contribution in [-0.4, -0.2) is 12.2 Å². The molecule has 0 aromatic heterocycles. The molecule has 0 aliphatic heterocycles. The maximum absolute atomic E-state index is 10.4. The molecule has 0 atom stereocenters. The molecule has 60 valence electrons. The van der Waals surface area contributed by atoms with Crippen LogP contribution in [-0.2, 0) is 9.59 Å². The van der Waals surface area contributed by atoms with Crippen LogP contribution in [0.3, 0.4) is 0 Å². The zero-order chi connectivity index (χ0) is 8.69. The summed E-state index contributed by atoms with van der Waals surface area (Å²) in [6, 6.07) is 0. The minimum absolute atomic E-state index is 0.364. The summed E-state index contributed by atoms with van der Waals surface area (Å²) in [5, 5.41) is 0. The smallest absolute Gasteiger partial charge is 0.244 e. The number of hydrogen-bond donors (Lipinski definition) is 1. The van der Waals surface area contributed by atoms with Gasteiger partial charge in [0, 0.05) is 12.0 Å². The molecule has 2 N–H and O–H groups in total. The molecule has 0 aliphatic rings. The van der Waals surface area contributed by atoms with Crippen molar-refractivity contribution in [3.05, 3.63) is 23.8 Å². The van der Waals surface area contributed by atoms with Crippen molar-refractivity contribution in [1.82, 2.24) is 0 Å². The van der Waals surface area contributed by atoms with E-state index in [9.17, 15) is 9.59 Å². The van der Waals surface area contributed by atoms with Gasteiger partial charge in [-0.25, -0.2) is 0 Å². The van der Waals surface area contributed by atoms with E-state index < -0.39 is 5.91 Å². The first kappa shape index (κ1) is 9.62. The van der Waals surface area contributed by atoms with Crippen molar-refractivity contribution in [1.29, 1.82) is 0 Å². The third-order valence-electron chi connectivity index (χ3n) is 1.10. The zero-order valence-corrected chi connectivity index (χ0v) is 6.41. The molecular weight excluding hydrogens is 142 g/mol. The summed E-state index contributed by atoms with van der Waals surface area (Å²) in [6.07, 6.45) is 6.01. The molecule has 0 unspecified atom stereocenters. The Bertz CT molecular complexity index is 204. The zero-order valence-electron chi connectivity index (χ0n) is 6.41. The van der Waals surface area contributed by atoms with Gasteiger partial charge in [0.2, 0.25) is 5.91 Å². The standard InChI is InChI=1S/C8H11NO2/c1-7(8(9)11)5-3-2-4-6-10/h2-3,5-6H,4H2,1H3,(H2,9,11). The summed E-state index contributed by atoms with van der Waals surface area (Å²) < 4.78 is 0. The summed E-state index contributed by atoms with van der Waals surface area (Å²) in [7, 11) is 0. The van der Waals surface area contributed by atoms with Gasteiger partial charge in [0.25, 0.3) is 0 Å². The molecule has 0 saturated carbocycles. The average Bonchev–Trinajstić information content (AvgIpc) is 1.97. The monoisotopic (exact) mass is 153 g/mol. The maximum Gasteiger partial charge on any atom is 0.244 e. The predicted octanol–water partition coefficient (Wildman–Crippen LogP) is 0.563. The van der Waals surface area contributed by atoms with E-state index >= 15 is 0 Å². The van der Waals surface area contributed by atoms with Gasteiger partial charge in [0.1, 0.15) is 6.29 Å². The number of nitrogens with two attached hydrogens (primary N) is 1. The summed E-state index contributed by atoms with van der Waals surface area (Å²) in [5.41, 5.74) is 5.42. The van der Waals surface area contributed by atoms with E-state index in [0.717, 1.165) is 6.29 Å². The lowest BCUT2D eigenvalue weighted by molar-refractivity contribution is -0.114. The van der Waals surface area contributed by atoms with Gasteiger partial charge in [0.05, 0.1) is 0 Å². The summed E-state index contributed by atoms with van der Waals surface area (Å²) >= 11 is 0. The van der Waals surface area contributed by atoms with Crippen LogP contribution in [0.1, 0.15) is 13.3 Å². The van der Waals surface area contributed by atoms with Gasteiger partial charge in [-0.05, 0) is 6.92 Å². The molecule has 0 spiro atoms. The number of rotatable bonds is 4. The van der Waals surface area contributed by atoms with Gasteiger partial charge in [-0.15, -0.1) is 0 Å². The normalized spacial score (nSPS) is 11.9. The third kappa shape index (κ3) is 5.08. The van der Waals surface area contributed by atoms with Gasteiger partial charge in [0.15, 0.2) is 0 Å². The SMILES string of the molecule is CC(=CC=CCC=O)C(N)=O. The van der Waals surface area contributed by atoms with Crippen molar-refractivity contribution in [3.8, 4) is 0 Å². The highest BCUT2D eigenvalue weighted by atomic mass is 16.1. The summed E-state index contributed by atoms with van der Waals surface area (Å²) in [4.78, 5) is 20.2. The highest BCUT2D eigenvalue weighted by Crippen LogP contribution is 1.90. The second-order valence-electron chi connectivity index (χ2n) is 2.04. The second-order valence-corrected chi connectivity index (χ2v) is 2.04. The molecule has 11 heavy (non-hydrogen) atoms. The first-order valence-corrected chi connectivity index (χ1v) is 3.25. The van der Waals surface area contributed by atoms with Crippen molar-refractivity contribution in [3.63, 3.8) is 0 Å². The third-order valence-corrected chi connectivity index (χ3v) is 1.10. The van der Waals surface area contributed by atoms with Crippen LogP contribution in [0.5, 0.6) is 0 Å². The molecule has 0 aromatic carbocycles. The molecule has 0 aromatic rings. The van der Waals surface area contributed by atoms with E-state index in [1.54, 1.807) is 25.2 Å². The van der Waals surface area contributed by atoms with E-state index in [0.29, 0.717) is 12.0 Å². The Kier molecular flexibility index (Phi) is 4.73. The van der Waals surface area contributed by atoms with Crippen molar-refractivity contribution in [2.24, 2.45) is 5.73 Å². The first-order chi connectivity index (χ1) is 5.18. The fourth-order valence-corrected chi connectivity index (χ4v) is 0.429. The first-order valence-electron chi connectivity index (χ1n) is 3.25. The summed E-state index contributed by atoms with van der Waals surface area (Å²) in [5.74, 6) is -0.444. The van der Waals surface area contributed by atoms with Crippen molar-refractivity contribution in [2.45, 2.75) is 13.3 Å². The number of carbonyl (C=O) groups excluding carboxylic acids is 2. The van der Waals surface area contributed by atoms with Gasteiger partial charge in [-0.2, -0.15) is 0 Å². The average molecular weight is 153 g/mol. The molecule has 0 aliphatic carbocycles. The van der Waals surface area contributed by atoms with Crippen LogP contribution < -0.4 is 5.73 Å². The fourth-order valence-electron chi connectivity index (χ4n) is 0.429. The number of allylic oxidation sites excluding steroid dienone is 3. The van der Waals surface area contributed by atoms with E-state index in [2.05, 4.69) is 0 Å². The van der Waals surface area contributed by atoms with E-state index in [4.69, 9.17) is 5.73 Å². The lowest BCUT2D eigenvalue weighted by atomic mass is 10.2. The number of hydrogen-bond acceptors (Lipinski definition) is 2. The molecule has 3 nitrogen and oxygen atoms in total. The Morgan fingerprint density at radius 1 is 1.55 bits per heavy atom. The predicted molar refractivity (Wildman–Crippen MR) is 42.8 cm³/mol. The number of carbonyl (C=O) groups is 2. The van der Waals surface area contributed by atoms with Gasteiger partial charge >= 0.3 is 0 Å². The summed E-state index contributed by atoms with van der Waals surface area (Å²) in [6.45, 7) is 1.62. The van der Waals surface area contributed by atoms with Crippen LogP contribution in [0.15, 0.2) is 23.8 Å². The number of aldehydes is 1. The minimum atomic E-state index is -0.444. The van der Waals surface area contributed by atoms with Gasteiger partial charge < -0.3 is 10.5 Å². The lowest BCUT2D eigenvalue weighted by Gasteiger charge is -1.87. The van der Waals surface area contributed by atoms with Crippen LogP contribution in [0, 0.1) is 0 Å². The van der Waals surface area contributed by atoms with Gasteiger partial charge in [-0.1, -0.05) is 18.2 Å². The Morgan fingerprint density at radius 3 is 2.64 bits per heavy atom. The largest absolute Gasteiger partial charge is 0.366 e. The molecule has 3 heteroatoms. The Balaban J connectivity index is 3.90. The molecule has 0 rings (SSSR count). The van der Waals surface area contributed by atoms with Crippen molar-refractivity contribution >= 4 is 12.2 Å². The fraction of sp³-hybridized carbons (Fsp3) is 0.250. The molecule has 0 saturated heterocycles. The van der Waals surface area contributed by atoms with Crippen molar-refractivity contribution in [2.75, 3.05) is 0 Å². The Morgan fingerprint density at radius 2 is 2.18 bits per heavy atom. The molecule has 1 amide bonds. The quantitative estimate of drug-likeness (QED) is 0.364. The van der Waals surface area contributed by atoms with Crippen LogP contribution in [0.25, 0.3) is 0 Å². The molecular formula is C8H11NO2. The molecule has 0 heterocycles. The van der Waals surface area contributed by atoms with Crippen LogP contribution in [0.4, 0.5) is 0 Å². The van der Waals surface area contributed by atoms with Crippen LogP contribution >= 0.6 is 0 Å². The lowest BCUT2D eigenvalue weighted by Crippen LogP contribution is -2.11. The van der Waals surface area contributed by atoms with Crippen LogP contribution in [0.2, 0.25) is 0 Å².